The molecule has 0 aromatic heterocycles. The number of carbonyl (C=O) groups is 2. The molecule has 1 unspecified atom stereocenters. The topological polar surface area (TPSA) is 49.4 Å². The number of carbonyl (C=O) groups excluding carboxylic acids is 2. The number of hydrogen-bond acceptors (Lipinski definition) is 2. The van der Waals surface area contributed by atoms with E-state index in [2.05, 4.69) is 31.3 Å². The van der Waals surface area contributed by atoms with Crippen molar-refractivity contribution in [1.82, 2.24) is 0 Å². The minimum absolute atomic E-state index is 0.0313. The van der Waals surface area contributed by atoms with Crippen LogP contribution in [0.1, 0.15) is 31.4 Å². The van der Waals surface area contributed by atoms with Crippen LogP contribution in [-0.4, -0.2) is 18.4 Å². The van der Waals surface area contributed by atoms with E-state index in [0.29, 0.717) is 6.54 Å². The summed E-state index contributed by atoms with van der Waals surface area (Å²) >= 11 is 0. The Balaban J connectivity index is 1.80. The number of para-hydroxylation sites is 2. The molecule has 25 heavy (non-hydrogen) atoms. The SMILES string of the molecule is CCc1cccc(CC)c1N1CC(C(=O)Nc2ccccc2)CC1=O. The predicted molar refractivity (Wildman–Crippen MR) is 101 cm³/mol. The summed E-state index contributed by atoms with van der Waals surface area (Å²) in [5, 5.41) is 2.92. The standard InChI is InChI=1S/C21H24N2O2/c1-3-15-9-8-10-16(4-2)20(15)23-14-17(13-19(23)24)21(25)22-18-11-6-5-7-12-18/h5-12,17H,3-4,13-14H2,1-2H3,(H,22,25). The second-order valence-electron chi connectivity index (χ2n) is 6.39. The molecular formula is C21H24N2O2. The first kappa shape index (κ1) is 17.2. The summed E-state index contributed by atoms with van der Waals surface area (Å²) in [4.78, 5) is 27.0. The quantitative estimate of drug-likeness (QED) is 0.903. The molecule has 3 rings (SSSR count). The molecule has 0 bridgehead atoms. The highest BCUT2D eigenvalue weighted by Crippen LogP contribution is 2.32. The largest absolute Gasteiger partial charge is 0.326 e. The monoisotopic (exact) mass is 336 g/mol. The van der Waals surface area contributed by atoms with Crippen LogP contribution in [0.3, 0.4) is 0 Å². The van der Waals surface area contributed by atoms with Crippen molar-refractivity contribution in [3.05, 3.63) is 59.7 Å². The maximum absolute atomic E-state index is 12.6. The second kappa shape index (κ2) is 7.51. The number of benzene rings is 2. The lowest BCUT2D eigenvalue weighted by Gasteiger charge is -2.23. The number of nitrogens with zero attached hydrogens (tertiary/aromatic N) is 1. The molecule has 2 aromatic rings. The van der Waals surface area contributed by atoms with Crippen molar-refractivity contribution in [2.45, 2.75) is 33.1 Å². The predicted octanol–water partition coefficient (Wildman–Crippen LogP) is 3.80. The summed E-state index contributed by atoms with van der Waals surface area (Å²) in [5.41, 5.74) is 4.10. The average molecular weight is 336 g/mol. The number of aryl methyl sites for hydroxylation is 2. The first-order chi connectivity index (χ1) is 12.1. The van der Waals surface area contributed by atoms with Crippen molar-refractivity contribution in [2.24, 2.45) is 5.92 Å². The van der Waals surface area contributed by atoms with E-state index in [4.69, 9.17) is 0 Å². The third-order valence-electron chi connectivity index (χ3n) is 4.77. The first-order valence-corrected chi connectivity index (χ1v) is 8.91. The molecule has 1 aliphatic heterocycles. The molecule has 1 fully saturated rings. The van der Waals surface area contributed by atoms with Crippen LogP contribution < -0.4 is 10.2 Å². The molecule has 0 aliphatic carbocycles. The van der Waals surface area contributed by atoms with E-state index < -0.39 is 0 Å². The van der Waals surface area contributed by atoms with Crippen molar-refractivity contribution in [3.63, 3.8) is 0 Å². The molecule has 0 spiro atoms. The van der Waals surface area contributed by atoms with E-state index in [1.807, 2.05) is 41.3 Å². The highest BCUT2D eigenvalue weighted by atomic mass is 16.2. The minimum Gasteiger partial charge on any atom is -0.326 e. The van der Waals surface area contributed by atoms with E-state index in [1.54, 1.807) is 0 Å². The third kappa shape index (κ3) is 3.58. The van der Waals surface area contributed by atoms with Crippen molar-refractivity contribution in [1.29, 1.82) is 0 Å². The van der Waals surface area contributed by atoms with Crippen LogP contribution in [0, 0.1) is 5.92 Å². The van der Waals surface area contributed by atoms with Gasteiger partial charge in [0.2, 0.25) is 11.8 Å². The Bertz CT molecular complexity index is 748. The van der Waals surface area contributed by atoms with E-state index in [0.717, 1.165) is 35.3 Å². The Morgan fingerprint density at radius 3 is 2.28 bits per heavy atom. The van der Waals surface area contributed by atoms with Gasteiger partial charge >= 0.3 is 0 Å². The Hall–Kier alpha value is -2.62. The Kier molecular flexibility index (Phi) is 5.17. The van der Waals surface area contributed by atoms with Crippen LogP contribution in [0.25, 0.3) is 0 Å². The lowest BCUT2D eigenvalue weighted by atomic mass is 10.0. The molecule has 1 saturated heterocycles. The number of rotatable bonds is 5. The zero-order valence-electron chi connectivity index (χ0n) is 14.8. The molecule has 4 nitrogen and oxygen atoms in total. The molecule has 1 heterocycles. The number of hydrogen-bond donors (Lipinski definition) is 1. The maximum Gasteiger partial charge on any atom is 0.229 e. The Morgan fingerprint density at radius 2 is 1.68 bits per heavy atom. The van der Waals surface area contributed by atoms with Crippen LogP contribution >= 0.6 is 0 Å². The molecule has 0 radical (unpaired) electrons. The van der Waals surface area contributed by atoms with Gasteiger partial charge in [-0.15, -0.1) is 0 Å². The molecule has 1 N–H and O–H groups in total. The normalized spacial score (nSPS) is 17.0. The maximum atomic E-state index is 12.6. The van der Waals surface area contributed by atoms with Crippen molar-refractivity contribution in [3.8, 4) is 0 Å². The van der Waals surface area contributed by atoms with Crippen LogP contribution in [0.15, 0.2) is 48.5 Å². The van der Waals surface area contributed by atoms with Gasteiger partial charge in [0.05, 0.1) is 5.92 Å². The van der Waals surface area contributed by atoms with Gasteiger partial charge in [-0.1, -0.05) is 50.2 Å². The summed E-state index contributed by atoms with van der Waals surface area (Å²) in [6.07, 6.45) is 2.00. The smallest absolute Gasteiger partial charge is 0.229 e. The van der Waals surface area contributed by atoms with E-state index >= 15 is 0 Å². The van der Waals surface area contributed by atoms with Gasteiger partial charge in [0.15, 0.2) is 0 Å². The molecule has 2 amide bonds. The minimum atomic E-state index is -0.317. The molecule has 1 aliphatic rings. The van der Waals surface area contributed by atoms with Gasteiger partial charge in [0, 0.05) is 24.3 Å². The van der Waals surface area contributed by atoms with Crippen LogP contribution in [0.2, 0.25) is 0 Å². The van der Waals surface area contributed by atoms with Crippen molar-refractivity contribution in [2.75, 3.05) is 16.8 Å². The van der Waals surface area contributed by atoms with Crippen LogP contribution in [-0.2, 0) is 22.4 Å². The van der Waals surface area contributed by atoms with E-state index in [1.165, 1.54) is 0 Å². The molecule has 1 atom stereocenters. The lowest BCUT2D eigenvalue weighted by Crippen LogP contribution is -2.29. The fourth-order valence-electron chi connectivity index (χ4n) is 3.43. The fourth-order valence-corrected chi connectivity index (χ4v) is 3.43. The summed E-state index contributed by atoms with van der Waals surface area (Å²) in [7, 11) is 0. The van der Waals surface area contributed by atoms with Gasteiger partial charge in [-0.05, 0) is 36.1 Å². The molecule has 2 aromatic carbocycles. The van der Waals surface area contributed by atoms with Crippen molar-refractivity contribution < 1.29 is 9.59 Å². The molecule has 4 heteroatoms. The highest BCUT2D eigenvalue weighted by Gasteiger charge is 2.36. The summed E-state index contributed by atoms with van der Waals surface area (Å²) in [6, 6.07) is 15.6. The molecule has 0 saturated carbocycles. The van der Waals surface area contributed by atoms with Gasteiger partial charge in [-0.2, -0.15) is 0 Å². The Labute approximate surface area is 148 Å². The second-order valence-corrected chi connectivity index (χ2v) is 6.39. The van der Waals surface area contributed by atoms with Gasteiger partial charge in [0.25, 0.3) is 0 Å². The summed E-state index contributed by atoms with van der Waals surface area (Å²) in [5.74, 6) is -0.375. The summed E-state index contributed by atoms with van der Waals surface area (Å²) < 4.78 is 0. The Morgan fingerprint density at radius 1 is 1.04 bits per heavy atom. The third-order valence-corrected chi connectivity index (χ3v) is 4.77. The highest BCUT2D eigenvalue weighted by molar-refractivity contribution is 6.04. The van der Waals surface area contributed by atoms with Gasteiger partial charge in [-0.25, -0.2) is 0 Å². The van der Waals surface area contributed by atoms with Crippen LogP contribution in [0.4, 0.5) is 11.4 Å². The van der Waals surface area contributed by atoms with Gasteiger partial charge in [0.1, 0.15) is 0 Å². The number of amides is 2. The van der Waals surface area contributed by atoms with Crippen LogP contribution in [0.5, 0.6) is 0 Å². The summed E-state index contributed by atoms with van der Waals surface area (Å²) in [6.45, 7) is 4.64. The van der Waals surface area contributed by atoms with E-state index in [9.17, 15) is 9.59 Å². The molecular weight excluding hydrogens is 312 g/mol. The van der Waals surface area contributed by atoms with E-state index in [-0.39, 0.29) is 24.2 Å². The zero-order chi connectivity index (χ0) is 17.8. The lowest BCUT2D eigenvalue weighted by molar-refractivity contribution is -0.122. The number of nitrogens with one attached hydrogen (secondary N) is 1. The van der Waals surface area contributed by atoms with Gasteiger partial charge < -0.3 is 10.2 Å². The first-order valence-electron chi connectivity index (χ1n) is 8.91. The molecule has 130 valence electrons. The average Bonchev–Trinajstić information content (AvgIpc) is 3.03. The van der Waals surface area contributed by atoms with Gasteiger partial charge in [-0.3, -0.25) is 9.59 Å². The fraction of sp³-hybridized carbons (Fsp3) is 0.333. The van der Waals surface area contributed by atoms with Crippen molar-refractivity contribution >= 4 is 23.2 Å². The zero-order valence-corrected chi connectivity index (χ0v) is 14.8. The number of anilines is 2.